The first-order valence-electron chi connectivity index (χ1n) is 6.04. The van der Waals surface area contributed by atoms with Gasteiger partial charge in [0, 0.05) is 19.0 Å². The molecule has 2 aromatic rings. The minimum Gasteiger partial charge on any atom is -0.324 e. The second-order valence-corrected chi connectivity index (χ2v) is 6.02. The molecular weight excluding hydrogens is 310 g/mol. The van der Waals surface area contributed by atoms with Crippen LogP contribution in [0.3, 0.4) is 0 Å². The molecule has 18 heavy (non-hydrogen) atoms. The molecule has 5 heteroatoms. The van der Waals surface area contributed by atoms with E-state index in [1.165, 1.54) is 16.8 Å². The van der Waals surface area contributed by atoms with E-state index >= 15 is 0 Å². The van der Waals surface area contributed by atoms with Crippen LogP contribution in [0.4, 0.5) is 0 Å². The number of thiophene rings is 1. The highest BCUT2D eigenvalue weighted by Crippen LogP contribution is 2.28. The molecule has 0 aliphatic rings. The molecule has 0 fully saturated rings. The molecule has 0 saturated heterocycles. The third-order valence-corrected chi connectivity index (χ3v) is 5.07. The van der Waals surface area contributed by atoms with Crippen molar-refractivity contribution in [3.63, 3.8) is 0 Å². The van der Waals surface area contributed by atoms with Crippen molar-refractivity contribution < 1.29 is 0 Å². The van der Waals surface area contributed by atoms with Crippen molar-refractivity contribution in [1.29, 1.82) is 0 Å². The lowest BCUT2D eigenvalue weighted by Crippen LogP contribution is -2.16. The van der Waals surface area contributed by atoms with Crippen LogP contribution in [0.2, 0.25) is 0 Å². The lowest BCUT2D eigenvalue weighted by molar-refractivity contribution is 0.586. The fourth-order valence-corrected chi connectivity index (χ4v) is 3.49. The van der Waals surface area contributed by atoms with Crippen molar-refractivity contribution in [2.45, 2.75) is 39.8 Å². The fraction of sp³-hybridized carbons (Fsp3) is 0.462. The average molecular weight is 328 g/mol. The molecule has 0 aliphatic carbocycles. The lowest BCUT2D eigenvalue weighted by Gasteiger charge is -2.13. The Morgan fingerprint density at radius 1 is 1.44 bits per heavy atom. The Kier molecular flexibility index (Phi) is 4.25. The summed E-state index contributed by atoms with van der Waals surface area (Å²) in [5.74, 6) is 0. The highest BCUT2D eigenvalue weighted by Gasteiger charge is 2.17. The first kappa shape index (κ1) is 13.8. The van der Waals surface area contributed by atoms with E-state index in [4.69, 9.17) is 5.73 Å². The van der Waals surface area contributed by atoms with Crippen molar-refractivity contribution in [3.05, 3.63) is 37.7 Å². The highest BCUT2D eigenvalue weighted by molar-refractivity contribution is 9.10. The Morgan fingerprint density at radius 3 is 2.72 bits per heavy atom. The molecule has 2 heterocycles. The van der Waals surface area contributed by atoms with E-state index in [0.717, 1.165) is 23.1 Å². The molecule has 2 N–H and O–H groups in total. The van der Waals surface area contributed by atoms with Crippen LogP contribution in [0.25, 0.3) is 0 Å². The molecule has 0 radical (unpaired) electrons. The topological polar surface area (TPSA) is 43.8 Å². The molecule has 2 rings (SSSR count). The predicted octanol–water partition coefficient (Wildman–Crippen LogP) is 3.59. The van der Waals surface area contributed by atoms with Gasteiger partial charge in [0.2, 0.25) is 0 Å². The second-order valence-electron chi connectivity index (χ2n) is 4.48. The number of rotatable bonds is 4. The molecule has 98 valence electrons. The van der Waals surface area contributed by atoms with Crippen molar-refractivity contribution in [3.8, 4) is 0 Å². The zero-order valence-electron chi connectivity index (χ0n) is 10.9. The number of nitrogens with zero attached hydrogens (tertiary/aromatic N) is 2. The van der Waals surface area contributed by atoms with Crippen molar-refractivity contribution in [2.75, 3.05) is 0 Å². The van der Waals surface area contributed by atoms with Crippen LogP contribution in [0.5, 0.6) is 0 Å². The summed E-state index contributed by atoms with van der Waals surface area (Å²) in [7, 11) is 0. The van der Waals surface area contributed by atoms with Gasteiger partial charge in [0.05, 0.1) is 15.9 Å². The molecular formula is C13H18BrN3S. The number of hydrogen-bond donors (Lipinski definition) is 1. The zero-order valence-corrected chi connectivity index (χ0v) is 13.3. The van der Waals surface area contributed by atoms with E-state index in [9.17, 15) is 0 Å². The molecule has 2 aromatic heterocycles. The van der Waals surface area contributed by atoms with Gasteiger partial charge in [-0.3, -0.25) is 4.68 Å². The van der Waals surface area contributed by atoms with Crippen LogP contribution >= 0.6 is 27.3 Å². The van der Waals surface area contributed by atoms with Crippen molar-refractivity contribution >= 4 is 27.3 Å². The first-order chi connectivity index (χ1) is 8.54. The van der Waals surface area contributed by atoms with E-state index in [2.05, 4.69) is 45.6 Å². The molecule has 0 amide bonds. The molecule has 0 aromatic carbocycles. The van der Waals surface area contributed by atoms with Crippen LogP contribution in [0.1, 0.15) is 35.5 Å². The largest absolute Gasteiger partial charge is 0.324 e. The van der Waals surface area contributed by atoms with E-state index in [-0.39, 0.29) is 6.04 Å². The van der Waals surface area contributed by atoms with Crippen LogP contribution in [0.15, 0.2) is 15.2 Å². The summed E-state index contributed by atoms with van der Waals surface area (Å²) < 4.78 is 3.12. The summed E-state index contributed by atoms with van der Waals surface area (Å²) in [4.78, 5) is 0. The minimum atomic E-state index is 0.0361. The van der Waals surface area contributed by atoms with Gasteiger partial charge in [-0.05, 0) is 58.6 Å². The maximum atomic E-state index is 6.32. The summed E-state index contributed by atoms with van der Waals surface area (Å²) in [6.07, 6.45) is 0.812. The van der Waals surface area contributed by atoms with Gasteiger partial charge in [-0.15, -0.1) is 0 Å². The Balaban J connectivity index is 2.27. The number of aromatic nitrogens is 2. The van der Waals surface area contributed by atoms with Gasteiger partial charge in [0.25, 0.3) is 0 Å². The smallest absolute Gasteiger partial charge is 0.0738 e. The molecule has 1 unspecified atom stereocenters. The highest BCUT2D eigenvalue weighted by atomic mass is 79.9. The van der Waals surface area contributed by atoms with Crippen LogP contribution in [0, 0.1) is 13.8 Å². The van der Waals surface area contributed by atoms with Gasteiger partial charge in [0.15, 0.2) is 0 Å². The minimum absolute atomic E-state index is 0.0361. The molecule has 0 spiro atoms. The monoisotopic (exact) mass is 327 g/mol. The summed E-state index contributed by atoms with van der Waals surface area (Å²) in [5.41, 5.74) is 11.1. The average Bonchev–Trinajstić information content (AvgIpc) is 2.87. The molecule has 0 bridgehead atoms. The molecule has 3 nitrogen and oxygen atoms in total. The second kappa shape index (κ2) is 5.55. The Morgan fingerprint density at radius 2 is 2.17 bits per heavy atom. The number of hydrogen-bond acceptors (Lipinski definition) is 3. The van der Waals surface area contributed by atoms with Gasteiger partial charge in [-0.2, -0.15) is 16.4 Å². The number of aryl methyl sites for hydroxylation is 3. The van der Waals surface area contributed by atoms with Crippen LogP contribution < -0.4 is 5.73 Å². The Hall–Kier alpha value is -0.650. The Labute approximate surface area is 120 Å². The molecule has 1 atom stereocenters. The summed E-state index contributed by atoms with van der Waals surface area (Å²) in [6.45, 7) is 7.10. The molecule has 0 saturated carbocycles. The zero-order chi connectivity index (χ0) is 13.3. The summed E-state index contributed by atoms with van der Waals surface area (Å²) in [5, 5.41) is 8.79. The van der Waals surface area contributed by atoms with Crippen LogP contribution in [-0.4, -0.2) is 9.78 Å². The van der Waals surface area contributed by atoms with Gasteiger partial charge < -0.3 is 5.73 Å². The third kappa shape index (κ3) is 2.53. The number of nitrogens with two attached hydrogens (primary N) is 1. The predicted molar refractivity (Wildman–Crippen MR) is 80.0 cm³/mol. The summed E-state index contributed by atoms with van der Waals surface area (Å²) >= 11 is 5.33. The summed E-state index contributed by atoms with van der Waals surface area (Å²) in [6, 6.07) is 0.0361. The quantitative estimate of drug-likeness (QED) is 0.932. The third-order valence-electron chi connectivity index (χ3n) is 3.16. The normalized spacial score (nSPS) is 12.9. The van der Waals surface area contributed by atoms with Gasteiger partial charge in [-0.25, -0.2) is 0 Å². The molecule has 0 aliphatic heterocycles. The van der Waals surface area contributed by atoms with E-state index < -0.39 is 0 Å². The maximum absolute atomic E-state index is 6.32. The Bertz CT molecular complexity index is 544. The van der Waals surface area contributed by atoms with Crippen LogP contribution in [-0.2, 0) is 13.0 Å². The lowest BCUT2D eigenvalue weighted by atomic mass is 10.0. The van der Waals surface area contributed by atoms with E-state index in [0.29, 0.717) is 0 Å². The standard InChI is InChI=1S/C13H18BrN3S/c1-4-17-12(13(14)9(3)16-17)5-11(15)10-7-18-6-8(10)2/h6-7,11H,4-5,15H2,1-3H3. The maximum Gasteiger partial charge on any atom is 0.0738 e. The van der Waals surface area contributed by atoms with Crippen molar-refractivity contribution in [2.24, 2.45) is 5.73 Å². The van der Waals surface area contributed by atoms with Gasteiger partial charge in [-0.1, -0.05) is 0 Å². The van der Waals surface area contributed by atoms with Gasteiger partial charge in [0.1, 0.15) is 0 Å². The SMILES string of the molecule is CCn1nc(C)c(Br)c1CC(N)c1cscc1C. The van der Waals surface area contributed by atoms with E-state index in [1.807, 2.05) is 11.6 Å². The first-order valence-corrected chi connectivity index (χ1v) is 7.78. The van der Waals surface area contributed by atoms with Crippen molar-refractivity contribution in [1.82, 2.24) is 9.78 Å². The van der Waals surface area contributed by atoms with E-state index in [1.54, 1.807) is 11.3 Å². The fourth-order valence-electron chi connectivity index (χ4n) is 2.13. The number of halogens is 1. The van der Waals surface area contributed by atoms with Gasteiger partial charge >= 0.3 is 0 Å².